The molecule has 1 N–H and O–H groups in total. The lowest BCUT2D eigenvalue weighted by Gasteiger charge is -2.19. The molecule has 0 aliphatic heterocycles. The van der Waals surface area contributed by atoms with E-state index in [9.17, 15) is 4.79 Å². The maximum absolute atomic E-state index is 12.0. The predicted octanol–water partition coefficient (Wildman–Crippen LogP) is 3.78. The van der Waals surface area contributed by atoms with Crippen LogP contribution in [0.25, 0.3) is 0 Å². The molecule has 1 atom stereocenters. The molecule has 0 aliphatic carbocycles. The van der Waals surface area contributed by atoms with Crippen molar-refractivity contribution < 1.29 is 4.79 Å². The second-order valence-electron chi connectivity index (χ2n) is 4.73. The van der Waals surface area contributed by atoms with Gasteiger partial charge in [-0.05, 0) is 24.6 Å². The zero-order chi connectivity index (χ0) is 13.7. The summed E-state index contributed by atoms with van der Waals surface area (Å²) in [7, 11) is 3.88. The van der Waals surface area contributed by atoms with E-state index in [0.717, 1.165) is 24.2 Å². The highest BCUT2D eigenvalue weighted by Gasteiger charge is 2.14. The minimum atomic E-state index is 0.0176. The molecule has 0 saturated heterocycles. The van der Waals surface area contributed by atoms with E-state index in [4.69, 9.17) is 11.6 Å². The van der Waals surface area contributed by atoms with Crippen LogP contribution in [-0.4, -0.2) is 20.0 Å². The van der Waals surface area contributed by atoms with Crippen LogP contribution in [0, 0.1) is 5.92 Å². The second-order valence-corrected chi connectivity index (χ2v) is 5.17. The standard InChI is InChI=1S/C14H21ClN2O/c1-5-6-10(2)14(18)16-12-9-11(15)7-8-13(12)17(3)4/h7-10H,5-6H2,1-4H3,(H,16,18). The number of nitrogens with zero attached hydrogens (tertiary/aromatic N) is 1. The Bertz CT molecular complexity index is 418. The third-order valence-corrected chi connectivity index (χ3v) is 3.10. The molecule has 1 aromatic rings. The lowest BCUT2D eigenvalue weighted by atomic mass is 10.1. The summed E-state index contributed by atoms with van der Waals surface area (Å²) in [5.41, 5.74) is 1.72. The Balaban J connectivity index is 2.89. The Morgan fingerprint density at radius 3 is 2.67 bits per heavy atom. The van der Waals surface area contributed by atoms with Gasteiger partial charge in [0.1, 0.15) is 0 Å². The van der Waals surface area contributed by atoms with Gasteiger partial charge in [-0.3, -0.25) is 4.79 Å². The average Bonchev–Trinajstić information content (AvgIpc) is 2.28. The number of carbonyl (C=O) groups is 1. The normalized spacial score (nSPS) is 12.1. The van der Waals surface area contributed by atoms with Crippen molar-refractivity contribution in [3.8, 4) is 0 Å². The van der Waals surface area contributed by atoms with Crippen LogP contribution < -0.4 is 10.2 Å². The first-order valence-corrected chi connectivity index (χ1v) is 6.61. The van der Waals surface area contributed by atoms with Gasteiger partial charge in [-0.25, -0.2) is 0 Å². The van der Waals surface area contributed by atoms with Gasteiger partial charge >= 0.3 is 0 Å². The first kappa shape index (κ1) is 14.8. The van der Waals surface area contributed by atoms with Crippen LogP contribution in [0.1, 0.15) is 26.7 Å². The van der Waals surface area contributed by atoms with Gasteiger partial charge in [-0.1, -0.05) is 31.9 Å². The molecule has 0 aromatic heterocycles. The molecule has 0 spiro atoms. The number of hydrogen-bond acceptors (Lipinski definition) is 2. The number of hydrogen-bond donors (Lipinski definition) is 1. The maximum Gasteiger partial charge on any atom is 0.227 e. The van der Waals surface area contributed by atoms with Gasteiger partial charge < -0.3 is 10.2 Å². The van der Waals surface area contributed by atoms with E-state index >= 15 is 0 Å². The van der Waals surface area contributed by atoms with E-state index in [1.54, 1.807) is 6.07 Å². The summed E-state index contributed by atoms with van der Waals surface area (Å²) < 4.78 is 0. The molecule has 1 aromatic carbocycles. The summed E-state index contributed by atoms with van der Waals surface area (Å²) in [6, 6.07) is 5.51. The largest absolute Gasteiger partial charge is 0.376 e. The van der Waals surface area contributed by atoms with E-state index < -0.39 is 0 Å². The van der Waals surface area contributed by atoms with Crippen LogP contribution in [0.5, 0.6) is 0 Å². The van der Waals surface area contributed by atoms with Crippen molar-refractivity contribution >= 4 is 28.9 Å². The van der Waals surface area contributed by atoms with E-state index in [0.29, 0.717) is 5.02 Å². The molecule has 1 amide bonds. The van der Waals surface area contributed by atoms with Gasteiger partial charge in [0.25, 0.3) is 0 Å². The zero-order valence-corrected chi connectivity index (χ0v) is 12.2. The van der Waals surface area contributed by atoms with E-state index in [1.807, 2.05) is 38.1 Å². The number of amides is 1. The maximum atomic E-state index is 12.0. The number of halogens is 1. The first-order chi connectivity index (χ1) is 8.45. The SMILES string of the molecule is CCCC(C)C(=O)Nc1cc(Cl)ccc1N(C)C. The molecule has 0 aliphatic rings. The quantitative estimate of drug-likeness (QED) is 0.881. The second kappa shape index (κ2) is 6.64. The van der Waals surface area contributed by atoms with E-state index in [2.05, 4.69) is 12.2 Å². The monoisotopic (exact) mass is 268 g/mol. The smallest absolute Gasteiger partial charge is 0.227 e. The fraction of sp³-hybridized carbons (Fsp3) is 0.500. The summed E-state index contributed by atoms with van der Waals surface area (Å²) >= 11 is 5.98. The number of carbonyl (C=O) groups excluding carboxylic acids is 1. The molecule has 0 radical (unpaired) electrons. The van der Waals surface area contributed by atoms with Crippen molar-refractivity contribution in [2.45, 2.75) is 26.7 Å². The highest BCUT2D eigenvalue weighted by Crippen LogP contribution is 2.28. The lowest BCUT2D eigenvalue weighted by Crippen LogP contribution is -2.22. The van der Waals surface area contributed by atoms with Gasteiger partial charge in [0.15, 0.2) is 0 Å². The third kappa shape index (κ3) is 3.91. The lowest BCUT2D eigenvalue weighted by molar-refractivity contribution is -0.119. The number of nitrogens with one attached hydrogen (secondary N) is 1. The highest BCUT2D eigenvalue weighted by molar-refractivity contribution is 6.31. The van der Waals surface area contributed by atoms with Crippen LogP contribution in [0.2, 0.25) is 5.02 Å². The highest BCUT2D eigenvalue weighted by atomic mass is 35.5. The minimum absolute atomic E-state index is 0.0176. The molecule has 0 fully saturated rings. The fourth-order valence-electron chi connectivity index (χ4n) is 1.82. The summed E-state index contributed by atoms with van der Waals surface area (Å²) in [5, 5.41) is 3.58. The Kier molecular flexibility index (Phi) is 5.48. The van der Waals surface area contributed by atoms with Crippen LogP contribution >= 0.6 is 11.6 Å². The van der Waals surface area contributed by atoms with E-state index in [-0.39, 0.29) is 11.8 Å². The van der Waals surface area contributed by atoms with Crippen molar-refractivity contribution in [1.29, 1.82) is 0 Å². The average molecular weight is 269 g/mol. The van der Waals surface area contributed by atoms with Gasteiger partial charge in [0, 0.05) is 25.0 Å². The van der Waals surface area contributed by atoms with Crippen molar-refractivity contribution in [3.05, 3.63) is 23.2 Å². The summed E-state index contributed by atoms with van der Waals surface area (Å²) in [6.45, 7) is 4.02. The number of benzene rings is 1. The number of rotatable bonds is 5. The van der Waals surface area contributed by atoms with Crippen LogP contribution in [0.15, 0.2) is 18.2 Å². The van der Waals surface area contributed by atoms with Crippen molar-refractivity contribution in [1.82, 2.24) is 0 Å². The van der Waals surface area contributed by atoms with Gasteiger partial charge in [0.05, 0.1) is 11.4 Å². The van der Waals surface area contributed by atoms with E-state index in [1.165, 1.54) is 0 Å². The summed E-state index contributed by atoms with van der Waals surface area (Å²) in [4.78, 5) is 14.0. The van der Waals surface area contributed by atoms with Gasteiger partial charge in [-0.2, -0.15) is 0 Å². The molecule has 0 bridgehead atoms. The molecular formula is C14H21ClN2O. The third-order valence-electron chi connectivity index (χ3n) is 2.87. The molecule has 3 nitrogen and oxygen atoms in total. The number of anilines is 2. The van der Waals surface area contributed by atoms with Crippen molar-refractivity contribution in [2.75, 3.05) is 24.3 Å². The molecule has 0 heterocycles. The minimum Gasteiger partial charge on any atom is -0.376 e. The fourth-order valence-corrected chi connectivity index (χ4v) is 1.99. The Morgan fingerprint density at radius 2 is 2.11 bits per heavy atom. The van der Waals surface area contributed by atoms with Crippen LogP contribution in [0.4, 0.5) is 11.4 Å². The van der Waals surface area contributed by atoms with Crippen molar-refractivity contribution in [3.63, 3.8) is 0 Å². The topological polar surface area (TPSA) is 32.3 Å². The Hall–Kier alpha value is -1.22. The molecular weight excluding hydrogens is 248 g/mol. The molecule has 1 rings (SSSR count). The van der Waals surface area contributed by atoms with Crippen LogP contribution in [0.3, 0.4) is 0 Å². The Morgan fingerprint density at radius 1 is 1.44 bits per heavy atom. The molecule has 4 heteroatoms. The zero-order valence-electron chi connectivity index (χ0n) is 11.5. The molecule has 18 heavy (non-hydrogen) atoms. The summed E-state index contributed by atoms with van der Waals surface area (Å²) in [5.74, 6) is 0.0613. The molecule has 0 saturated carbocycles. The summed E-state index contributed by atoms with van der Waals surface area (Å²) in [6.07, 6.45) is 1.90. The Labute approximate surface area is 114 Å². The first-order valence-electron chi connectivity index (χ1n) is 6.23. The molecule has 1 unspecified atom stereocenters. The molecule has 100 valence electrons. The van der Waals surface area contributed by atoms with Gasteiger partial charge in [-0.15, -0.1) is 0 Å². The predicted molar refractivity (Wildman–Crippen MR) is 78.5 cm³/mol. The van der Waals surface area contributed by atoms with Crippen LogP contribution in [-0.2, 0) is 4.79 Å². The van der Waals surface area contributed by atoms with Gasteiger partial charge in [0.2, 0.25) is 5.91 Å². The van der Waals surface area contributed by atoms with Crippen molar-refractivity contribution in [2.24, 2.45) is 5.92 Å².